The normalized spacial score (nSPS) is 13.6. The molecule has 5 nitrogen and oxygen atoms in total. The maximum Gasteiger partial charge on any atom is 0.220 e. The van der Waals surface area contributed by atoms with Crippen molar-refractivity contribution in [1.82, 2.24) is 5.32 Å². The molecule has 0 aromatic heterocycles. The zero-order valence-electron chi connectivity index (χ0n) is 11.6. The van der Waals surface area contributed by atoms with Crippen LogP contribution in [-0.2, 0) is 14.6 Å². The summed E-state index contributed by atoms with van der Waals surface area (Å²) in [7, 11) is -2.94. The van der Waals surface area contributed by atoms with Gasteiger partial charge in [-0.1, -0.05) is 13.8 Å². The molecule has 0 heterocycles. The molecule has 0 spiro atoms. The summed E-state index contributed by atoms with van der Waals surface area (Å²) in [6, 6.07) is 0. The van der Waals surface area contributed by atoms with Crippen molar-refractivity contribution in [3.05, 3.63) is 0 Å². The predicted octanol–water partition coefficient (Wildman–Crippen LogP) is 0.548. The molecule has 0 aliphatic carbocycles. The maximum absolute atomic E-state index is 11.6. The van der Waals surface area contributed by atoms with Crippen LogP contribution in [0.15, 0.2) is 0 Å². The molecular weight excluding hydrogens is 252 g/mol. The molecule has 0 fully saturated rings. The number of nitrogens with two attached hydrogens (primary N) is 1. The van der Waals surface area contributed by atoms with Crippen molar-refractivity contribution in [2.24, 2.45) is 17.6 Å². The van der Waals surface area contributed by atoms with Crippen LogP contribution in [0.4, 0.5) is 0 Å². The highest BCUT2D eigenvalue weighted by molar-refractivity contribution is 7.90. The lowest BCUT2D eigenvalue weighted by atomic mass is 9.94. The van der Waals surface area contributed by atoms with Gasteiger partial charge in [0.05, 0.1) is 5.75 Å². The Bertz CT molecular complexity index is 339. The summed E-state index contributed by atoms with van der Waals surface area (Å²) in [5.74, 6) is 0.802. The van der Waals surface area contributed by atoms with Gasteiger partial charge in [-0.05, 0) is 31.2 Å². The Hall–Kier alpha value is -0.620. The van der Waals surface area contributed by atoms with Gasteiger partial charge in [0.1, 0.15) is 9.84 Å². The first-order valence-electron chi connectivity index (χ1n) is 6.39. The summed E-state index contributed by atoms with van der Waals surface area (Å²) in [5, 5.41) is 2.73. The maximum atomic E-state index is 11.6. The quantitative estimate of drug-likeness (QED) is 0.603. The van der Waals surface area contributed by atoms with E-state index < -0.39 is 9.84 Å². The topological polar surface area (TPSA) is 89.3 Å². The Kier molecular flexibility index (Phi) is 8.18. The van der Waals surface area contributed by atoms with E-state index in [-0.39, 0.29) is 17.6 Å². The molecule has 0 rings (SSSR count). The van der Waals surface area contributed by atoms with E-state index in [9.17, 15) is 13.2 Å². The van der Waals surface area contributed by atoms with Crippen LogP contribution in [0.3, 0.4) is 0 Å². The Morgan fingerprint density at radius 2 is 1.94 bits per heavy atom. The zero-order valence-corrected chi connectivity index (χ0v) is 12.4. The molecule has 1 atom stereocenters. The Morgan fingerprint density at radius 3 is 2.39 bits per heavy atom. The summed E-state index contributed by atoms with van der Waals surface area (Å²) in [4.78, 5) is 11.6. The smallest absolute Gasteiger partial charge is 0.220 e. The molecule has 108 valence electrons. The minimum absolute atomic E-state index is 0.0420. The highest BCUT2D eigenvalue weighted by Crippen LogP contribution is 2.13. The molecule has 6 heteroatoms. The second-order valence-corrected chi connectivity index (χ2v) is 7.53. The van der Waals surface area contributed by atoms with Crippen LogP contribution in [0.5, 0.6) is 0 Å². The first kappa shape index (κ1) is 17.4. The van der Waals surface area contributed by atoms with Gasteiger partial charge in [-0.25, -0.2) is 8.42 Å². The minimum atomic E-state index is -2.94. The summed E-state index contributed by atoms with van der Waals surface area (Å²) in [6.07, 6.45) is 3.02. The van der Waals surface area contributed by atoms with Crippen LogP contribution in [0, 0.1) is 11.8 Å². The van der Waals surface area contributed by atoms with Crippen LogP contribution in [0.2, 0.25) is 0 Å². The number of hydrogen-bond donors (Lipinski definition) is 2. The van der Waals surface area contributed by atoms with E-state index >= 15 is 0 Å². The first-order chi connectivity index (χ1) is 8.24. The molecular formula is C12H26N2O3S. The molecule has 1 unspecified atom stereocenters. The standard InChI is InChI=1S/C12H26N2O3S/c1-10(2)7-11(9-13)8-12(15)14-5-4-6-18(3,16)17/h10-11H,4-9,13H2,1-3H3,(H,14,15). The van der Waals surface area contributed by atoms with Crippen molar-refractivity contribution in [1.29, 1.82) is 0 Å². The summed E-state index contributed by atoms with van der Waals surface area (Å²) >= 11 is 0. The fourth-order valence-corrected chi connectivity index (χ4v) is 2.49. The van der Waals surface area contributed by atoms with Crippen molar-refractivity contribution in [2.45, 2.75) is 33.1 Å². The number of sulfone groups is 1. The van der Waals surface area contributed by atoms with Gasteiger partial charge in [0.2, 0.25) is 5.91 Å². The van der Waals surface area contributed by atoms with Crippen LogP contribution < -0.4 is 11.1 Å². The van der Waals surface area contributed by atoms with Gasteiger partial charge in [0.15, 0.2) is 0 Å². The van der Waals surface area contributed by atoms with E-state index in [0.717, 1.165) is 6.42 Å². The van der Waals surface area contributed by atoms with Crippen LogP contribution in [0.25, 0.3) is 0 Å². The number of nitrogens with one attached hydrogen (secondary N) is 1. The van der Waals surface area contributed by atoms with Gasteiger partial charge in [-0.2, -0.15) is 0 Å². The largest absolute Gasteiger partial charge is 0.356 e. The second-order valence-electron chi connectivity index (χ2n) is 5.27. The van der Waals surface area contributed by atoms with E-state index in [1.54, 1.807) is 0 Å². The molecule has 1 amide bonds. The fraction of sp³-hybridized carbons (Fsp3) is 0.917. The van der Waals surface area contributed by atoms with Crippen LogP contribution in [-0.4, -0.2) is 39.4 Å². The number of carbonyl (C=O) groups is 1. The average Bonchev–Trinajstić information content (AvgIpc) is 2.21. The van der Waals surface area contributed by atoms with Crippen molar-refractivity contribution in [2.75, 3.05) is 25.1 Å². The molecule has 0 aliphatic rings. The Labute approximate surface area is 110 Å². The molecule has 3 N–H and O–H groups in total. The molecule has 0 radical (unpaired) electrons. The number of amides is 1. The first-order valence-corrected chi connectivity index (χ1v) is 8.45. The molecule has 18 heavy (non-hydrogen) atoms. The van der Waals surface area contributed by atoms with Crippen molar-refractivity contribution >= 4 is 15.7 Å². The lowest BCUT2D eigenvalue weighted by molar-refractivity contribution is -0.122. The van der Waals surface area contributed by atoms with Gasteiger partial charge >= 0.3 is 0 Å². The monoisotopic (exact) mass is 278 g/mol. The Balaban J connectivity index is 3.82. The third-order valence-corrected chi connectivity index (χ3v) is 3.66. The summed E-state index contributed by atoms with van der Waals surface area (Å²) < 4.78 is 21.8. The number of hydrogen-bond acceptors (Lipinski definition) is 4. The molecule has 0 aromatic rings. The highest BCUT2D eigenvalue weighted by atomic mass is 32.2. The number of carbonyl (C=O) groups excluding carboxylic acids is 1. The predicted molar refractivity (Wildman–Crippen MR) is 74.0 cm³/mol. The van der Waals surface area contributed by atoms with Crippen molar-refractivity contribution in [3.8, 4) is 0 Å². The van der Waals surface area contributed by atoms with E-state index in [1.165, 1.54) is 6.26 Å². The molecule has 0 saturated carbocycles. The zero-order chi connectivity index (χ0) is 14.2. The van der Waals surface area contributed by atoms with E-state index in [2.05, 4.69) is 19.2 Å². The van der Waals surface area contributed by atoms with Gasteiger partial charge in [-0.15, -0.1) is 0 Å². The van der Waals surface area contributed by atoms with Crippen molar-refractivity contribution in [3.63, 3.8) is 0 Å². The van der Waals surface area contributed by atoms with Crippen molar-refractivity contribution < 1.29 is 13.2 Å². The molecule has 0 aliphatic heterocycles. The molecule has 0 saturated heterocycles. The highest BCUT2D eigenvalue weighted by Gasteiger charge is 2.13. The van der Waals surface area contributed by atoms with Crippen LogP contribution in [0.1, 0.15) is 33.1 Å². The van der Waals surface area contributed by atoms with Gasteiger partial charge in [-0.3, -0.25) is 4.79 Å². The van der Waals surface area contributed by atoms with Gasteiger partial charge < -0.3 is 11.1 Å². The van der Waals surface area contributed by atoms with Crippen LogP contribution >= 0.6 is 0 Å². The third kappa shape index (κ3) is 10.5. The average molecular weight is 278 g/mol. The third-order valence-electron chi connectivity index (χ3n) is 2.63. The van der Waals surface area contributed by atoms with Gasteiger partial charge in [0.25, 0.3) is 0 Å². The molecule has 0 bridgehead atoms. The minimum Gasteiger partial charge on any atom is -0.356 e. The lowest BCUT2D eigenvalue weighted by Gasteiger charge is -2.16. The van der Waals surface area contributed by atoms with E-state index in [0.29, 0.717) is 31.8 Å². The second kappa shape index (κ2) is 8.48. The lowest BCUT2D eigenvalue weighted by Crippen LogP contribution is -2.30. The van der Waals surface area contributed by atoms with Gasteiger partial charge in [0, 0.05) is 19.2 Å². The Morgan fingerprint density at radius 1 is 1.33 bits per heavy atom. The fourth-order valence-electron chi connectivity index (χ4n) is 1.83. The summed E-state index contributed by atoms with van der Waals surface area (Å²) in [6.45, 7) is 5.12. The number of rotatable bonds is 9. The summed E-state index contributed by atoms with van der Waals surface area (Å²) in [5.41, 5.74) is 5.62. The molecule has 0 aromatic carbocycles. The van der Waals surface area contributed by atoms with E-state index in [4.69, 9.17) is 5.73 Å². The SMILES string of the molecule is CC(C)CC(CN)CC(=O)NCCCS(C)(=O)=O. The van der Waals surface area contributed by atoms with E-state index in [1.807, 2.05) is 0 Å².